The molecule has 6 aliphatic heterocycles. The van der Waals surface area contributed by atoms with Crippen molar-refractivity contribution in [2.75, 3.05) is 33.0 Å². The Morgan fingerprint density at radius 3 is 1.30 bits per heavy atom. The Hall–Kier alpha value is -2.71. The molecule has 1 unspecified atom stereocenters. The fourth-order valence-corrected chi connectivity index (χ4v) is 9.19. The van der Waals surface area contributed by atoms with Crippen molar-refractivity contribution in [3.63, 3.8) is 0 Å². The number of amides is 2. The lowest BCUT2D eigenvalue weighted by Gasteiger charge is -2.49. The number of aliphatic hydroxyl groups excluding tert-OH is 17. The highest BCUT2D eigenvalue weighted by Crippen LogP contribution is 2.36. The standard InChI is InChI=1S/C40H66N2O32/c1-8(47)41-15-20(52)29(71-40-28(60)31(19(51)11(4-44)67-40)72-39-27(59)23(55)25(57)32(73-39)34(61)62)12(5-45)68-36(15)64-7-14-18(50)24(56)33(35(63)65-14)74-37-16(42-9(2)48)21(53)30(13(6-46)69-37)70-38-26(58)22(54)17(49)10(3-43)66-38/h10-33,35-40,43-46,49-60,63H,3-7H2,1-2H3,(H,41,47)(H,42,48)(H,61,62)/t10-,11-,12-,13-,14-,15-,16-,17+,18-,19+,20-,21-,22+,23+,24+,25+,26-,27-,28-,29-,30-,31+,32+,33+,35?,36-,37+,38+,39-,40+/m1/s1. The Bertz CT molecular complexity index is 1830. The van der Waals surface area contributed by atoms with Crippen molar-refractivity contribution < 1.29 is 158 Å². The van der Waals surface area contributed by atoms with Crippen LogP contribution in [0.2, 0.25) is 0 Å². The third-order valence-electron chi connectivity index (χ3n) is 13.2. The van der Waals surface area contributed by atoms with E-state index in [4.69, 9.17) is 52.1 Å². The molecule has 0 spiro atoms. The largest absolute Gasteiger partial charge is 0.479 e. The molecule has 0 aromatic carbocycles. The predicted octanol–water partition coefficient (Wildman–Crippen LogP) is -13.7. The van der Waals surface area contributed by atoms with E-state index in [-0.39, 0.29) is 0 Å². The van der Waals surface area contributed by atoms with Crippen LogP contribution in [-0.4, -0.2) is 327 Å². The van der Waals surface area contributed by atoms with Crippen LogP contribution in [0.25, 0.3) is 0 Å². The average Bonchev–Trinajstić information content (AvgIpc) is 3.35. The van der Waals surface area contributed by atoms with Crippen LogP contribution in [0.5, 0.6) is 0 Å². The van der Waals surface area contributed by atoms with Gasteiger partial charge in [0, 0.05) is 13.8 Å². The highest BCUT2D eigenvalue weighted by Gasteiger charge is 2.57. The molecule has 74 heavy (non-hydrogen) atoms. The first-order chi connectivity index (χ1) is 34.9. The van der Waals surface area contributed by atoms with Crippen molar-refractivity contribution in [2.45, 2.75) is 198 Å². The van der Waals surface area contributed by atoms with Crippen LogP contribution >= 0.6 is 0 Å². The van der Waals surface area contributed by atoms with E-state index >= 15 is 0 Å². The lowest BCUT2D eigenvalue weighted by atomic mass is 9.94. The molecule has 20 N–H and O–H groups in total. The lowest BCUT2D eigenvalue weighted by Crippen LogP contribution is -2.69. The van der Waals surface area contributed by atoms with Gasteiger partial charge in [0.15, 0.2) is 43.8 Å². The first-order valence-corrected chi connectivity index (χ1v) is 23.1. The fourth-order valence-electron chi connectivity index (χ4n) is 9.19. The number of hydrogen-bond donors (Lipinski definition) is 20. The van der Waals surface area contributed by atoms with Crippen molar-refractivity contribution in [3.05, 3.63) is 0 Å². The van der Waals surface area contributed by atoms with Gasteiger partial charge in [-0.25, -0.2) is 4.79 Å². The SMILES string of the molecule is CC(=O)N[C@H]1[C@H](O[C@@H]2C(O)O[C@H](CO[C@@H]3O[C@H](CO)[C@@H](O[C@@H]4O[C@H](CO)[C@H](O)[C@H](O[C@@H]5O[C@H](C(=O)O)[C@@H](O)[C@H](O)[C@H]5O)[C@H]4O)[C@H](O)[C@H]3NC(C)=O)[C@@H](O)[C@@H]2O)O[C@H](CO)[C@@H](O[C@@H]2O[C@H](CO)[C@H](O)[C@H](O)[C@H]2O)[C@@H]1O. The molecule has 0 aliphatic carbocycles. The summed E-state index contributed by atoms with van der Waals surface area (Å²) in [4.78, 5) is 36.4. The number of carbonyl (C=O) groups is 3. The molecule has 6 saturated heterocycles. The summed E-state index contributed by atoms with van der Waals surface area (Å²) in [6, 6.07) is -3.37. The Morgan fingerprint density at radius 1 is 0.392 bits per heavy atom. The summed E-state index contributed by atoms with van der Waals surface area (Å²) in [6.45, 7) is -2.66. The summed E-state index contributed by atoms with van der Waals surface area (Å²) in [5.41, 5.74) is 0. The molecular weight excluding hydrogens is 1020 g/mol. The van der Waals surface area contributed by atoms with E-state index in [0.29, 0.717) is 0 Å². The number of carboxylic acid groups (broad SMARTS) is 1. The van der Waals surface area contributed by atoms with E-state index in [0.717, 1.165) is 13.8 Å². The topological polar surface area (TPSA) is 541 Å². The number of carboxylic acids is 1. The number of rotatable bonds is 18. The molecule has 0 saturated carbocycles. The number of ether oxygens (including phenoxy) is 11. The van der Waals surface area contributed by atoms with Gasteiger partial charge in [-0.1, -0.05) is 0 Å². The van der Waals surface area contributed by atoms with Gasteiger partial charge >= 0.3 is 5.97 Å². The molecule has 34 nitrogen and oxygen atoms in total. The van der Waals surface area contributed by atoms with Gasteiger partial charge in [-0.2, -0.15) is 0 Å². The Labute approximate surface area is 417 Å². The zero-order valence-electron chi connectivity index (χ0n) is 39.1. The van der Waals surface area contributed by atoms with Gasteiger partial charge in [0.2, 0.25) is 11.8 Å². The summed E-state index contributed by atoms with van der Waals surface area (Å²) in [5, 5.41) is 195. The lowest BCUT2D eigenvalue weighted by molar-refractivity contribution is -0.377. The van der Waals surface area contributed by atoms with Crippen LogP contribution in [-0.2, 0) is 66.5 Å². The highest BCUT2D eigenvalue weighted by molar-refractivity contribution is 5.74. The average molecular weight is 1090 g/mol. The molecule has 6 heterocycles. The Balaban J connectivity index is 1.11. The zero-order valence-corrected chi connectivity index (χ0v) is 39.1. The number of nitrogens with one attached hydrogen (secondary N) is 2. The first kappa shape index (κ1) is 60.5. The second kappa shape index (κ2) is 25.8. The summed E-state index contributed by atoms with van der Waals surface area (Å²) < 4.78 is 61.4. The molecule has 6 fully saturated rings. The van der Waals surface area contributed by atoms with Crippen molar-refractivity contribution in [2.24, 2.45) is 0 Å². The van der Waals surface area contributed by atoms with E-state index < -0.39 is 235 Å². The third kappa shape index (κ3) is 12.9. The molecule has 0 aromatic heterocycles. The maximum Gasteiger partial charge on any atom is 0.335 e. The first-order valence-electron chi connectivity index (χ1n) is 23.1. The van der Waals surface area contributed by atoms with Crippen molar-refractivity contribution >= 4 is 17.8 Å². The number of aliphatic carboxylic acids is 1. The number of hydrogen-bond acceptors (Lipinski definition) is 31. The van der Waals surface area contributed by atoms with Crippen molar-refractivity contribution in [3.8, 4) is 0 Å². The van der Waals surface area contributed by atoms with Crippen molar-refractivity contribution in [1.29, 1.82) is 0 Å². The van der Waals surface area contributed by atoms with Gasteiger partial charge < -0.3 is 155 Å². The molecule has 6 rings (SSSR count). The molecular formula is C40H66N2O32. The molecule has 30 atom stereocenters. The second-order valence-corrected chi connectivity index (χ2v) is 18.3. The van der Waals surface area contributed by atoms with Gasteiger partial charge in [-0.05, 0) is 0 Å². The van der Waals surface area contributed by atoms with E-state index in [2.05, 4.69) is 10.6 Å². The molecule has 6 aliphatic rings. The van der Waals surface area contributed by atoms with E-state index in [9.17, 15) is 106 Å². The van der Waals surface area contributed by atoms with Crippen LogP contribution in [0, 0.1) is 0 Å². The molecule has 34 heteroatoms. The minimum Gasteiger partial charge on any atom is -0.479 e. The summed E-state index contributed by atoms with van der Waals surface area (Å²) in [6.07, 6.45) is -54.2. The van der Waals surface area contributed by atoms with Crippen LogP contribution in [0.1, 0.15) is 13.8 Å². The van der Waals surface area contributed by atoms with E-state index in [1.54, 1.807) is 0 Å². The summed E-state index contributed by atoms with van der Waals surface area (Å²) in [7, 11) is 0. The maximum absolute atomic E-state index is 12.4. The minimum absolute atomic E-state index is 0.809. The molecule has 428 valence electrons. The van der Waals surface area contributed by atoms with Gasteiger partial charge in [-0.3, -0.25) is 9.59 Å². The predicted molar refractivity (Wildman–Crippen MR) is 223 cm³/mol. The van der Waals surface area contributed by atoms with Crippen LogP contribution in [0.4, 0.5) is 0 Å². The highest BCUT2D eigenvalue weighted by atomic mass is 16.8. The van der Waals surface area contributed by atoms with Crippen LogP contribution in [0.15, 0.2) is 0 Å². The summed E-state index contributed by atoms with van der Waals surface area (Å²) in [5.74, 6) is -3.42. The smallest absolute Gasteiger partial charge is 0.335 e. The van der Waals surface area contributed by atoms with E-state index in [1.807, 2.05) is 0 Å². The second-order valence-electron chi connectivity index (χ2n) is 18.3. The summed E-state index contributed by atoms with van der Waals surface area (Å²) >= 11 is 0. The normalized spacial score (nSPS) is 49.2. The Kier molecular flexibility index (Phi) is 21.1. The quantitative estimate of drug-likeness (QED) is 0.0606. The van der Waals surface area contributed by atoms with Crippen LogP contribution in [0.3, 0.4) is 0 Å². The molecule has 0 radical (unpaired) electrons. The molecule has 0 aromatic rings. The van der Waals surface area contributed by atoms with Gasteiger partial charge in [-0.15, -0.1) is 0 Å². The fraction of sp³-hybridized carbons (Fsp3) is 0.925. The minimum atomic E-state index is -2.21. The molecule has 2 amide bonds. The number of aliphatic hydroxyl groups is 17. The molecule has 0 bridgehead atoms. The van der Waals surface area contributed by atoms with Crippen LogP contribution < -0.4 is 10.6 Å². The van der Waals surface area contributed by atoms with Gasteiger partial charge in [0.25, 0.3) is 0 Å². The van der Waals surface area contributed by atoms with E-state index in [1.165, 1.54) is 0 Å². The van der Waals surface area contributed by atoms with Gasteiger partial charge in [0.1, 0.15) is 140 Å². The maximum atomic E-state index is 12.4. The van der Waals surface area contributed by atoms with Crippen molar-refractivity contribution in [1.82, 2.24) is 10.6 Å². The monoisotopic (exact) mass is 1090 g/mol. The number of carbonyl (C=O) groups excluding carboxylic acids is 2. The zero-order chi connectivity index (χ0) is 54.8. The third-order valence-corrected chi connectivity index (χ3v) is 13.2. The Morgan fingerprint density at radius 2 is 0.797 bits per heavy atom. The van der Waals surface area contributed by atoms with Gasteiger partial charge in [0.05, 0.1) is 33.0 Å².